The van der Waals surface area contributed by atoms with Crippen molar-refractivity contribution >= 4 is 21.9 Å². The molecule has 1 aromatic rings. The number of carboxylic acid groups (broad SMARTS) is 1. The lowest BCUT2D eigenvalue weighted by molar-refractivity contribution is -0.137. The maximum atomic E-state index is 12.7. The van der Waals surface area contributed by atoms with E-state index in [9.17, 15) is 18.0 Å². The first-order valence-electron chi connectivity index (χ1n) is 8.05. The highest BCUT2D eigenvalue weighted by Gasteiger charge is 2.27. The summed E-state index contributed by atoms with van der Waals surface area (Å²) in [5.74, 6) is -1.38. The van der Waals surface area contributed by atoms with Crippen molar-refractivity contribution in [2.75, 3.05) is 39.4 Å². The van der Waals surface area contributed by atoms with Crippen LogP contribution in [-0.2, 0) is 19.6 Å². The predicted molar refractivity (Wildman–Crippen MR) is 89.9 cm³/mol. The molecule has 1 N–H and O–H groups in total. The number of benzene rings is 1. The molecule has 1 aliphatic rings. The first-order valence-corrected chi connectivity index (χ1v) is 9.49. The van der Waals surface area contributed by atoms with Crippen LogP contribution in [0.15, 0.2) is 29.2 Å². The Hall–Kier alpha value is -1.97. The van der Waals surface area contributed by atoms with Crippen molar-refractivity contribution in [1.82, 2.24) is 9.21 Å². The Balaban J connectivity index is 2.22. The van der Waals surface area contributed by atoms with Crippen LogP contribution >= 0.6 is 0 Å². The minimum absolute atomic E-state index is 0.0505. The topological polar surface area (TPSA) is 104 Å². The van der Waals surface area contributed by atoms with Crippen molar-refractivity contribution in [2.45, 2.75) is 18.2 Å². The number of carbonyl (C=O) groups excluding carboxylic acids is 1. The van der Waals surface area contributed by atoms with Crippen LogP contribution in [0.3, 0.4) is 0 Å². The number of hydrogen-bond donors (Lipinski definition) is 1. The van der Waals surface area contributed by atoms with Crippen LogP contribution in [0.4, 0.5) is 0 Å². The van der Waals surface area contributed by atoms with E-state index < -0.39 is 16.0 Å². The summed E-state index contributed by atoms with van der Waals surface area (Å²) in [6.07, 6.45) is -0.161. The van der Waals surface area contributed by atoms with Gasteiger partial charge in [-0.1, -0.05) is 6.07 Å². The lowest BCUT2D eigenvalue weighted by Crippen LogP contribution is -2.40. The quantitative estimate of drug-likeness (QED) is 0.755. The van der Waals surface area contributed by atoms with Gasteiger partial charge in [0.05, 0.1) is 24.5 Å². The van der Waals surface area contributed by atoms with Crippen LogP contribution in [0.25, 0.3) is 0 Å². The van der Waals surface area contributed by atoms with Gasteiger partial charge in [0.2, 0.25) is 10.0 Å². The van der Waals surface area contributed by atoms with E-state index in [2.05, 4.69) is 0 Å². The minimum atomic E-state index is -3.69. The fourth-order valence-corrected chi connectivity index (χ4v) is 4.00. The molecule has 0 radical (unpaired) electrons. The van der Waals surface area contributed by atoms with E-state index in [-0.39, 0.29) is 42.4 Å². The Morgan fingerprint density at radius 1 is 1.28 bits per heavy atom. The average Bonchev–Trinajstić information content (AvgIpc) is 2.62. The highest BCUT2D eigenvalue weighted by molar-refractivity contribution is 7.89. The molecule has 1 saturated heterocycles. The molecule has 0 atom stereocenters. The molecule has 1 amide bonds. The average molecular weight is 370 g/mol. The number of carbonyl (C=O) groups is 2. The summed E-state index contributed by atoms with van der Waals surface area (Å²) in [4.78, 5) is 24.7. The fourth-order valence-electron chi connectivity index (χ4n) is 2.54. The number of amides is 1. The van der Waals surface area contributed by atoms with Gasteiger partial charge in [-0.25, -0.2) is 8.42 Å². The molecule has 0 bridgehead atoms. The maximum absolute atomic E-state index is 12.7. The van der Waals surface area contributed by atoms with Gasteiger partial charge in [0.15, 0.2) is 0 Å². The van der Waals surface area contributed by atoms with Gasteiger partial charge in [-0.05, 0) is 25.1 Å². The van der Waals surface area contributed by atoms with E-state index in [0.717, 1.165) is 0 Å². The molecule has 8 nitrogen and oxygen atoms in total. The molecule has 1 heterocycles. The predicted octanol–water partition coefficient (Wildman–Crippen LogP) is 0.644. The monoisotopic (exact) mass is 370 g/mol. The maximum Gasteiger partial charge on any atom is 0.305 e. The van der Waals surface area contributed by atoms with Gasteiger partial charge in [-0.15, -0.1) is 0 Å². The Morgan fingerprint density at radius 2 is 1.96 bits per heavy atom. The third-order valence-electron chi connectivity index (χ3n) is 3.95. The van der Waals surface area contributed by atoms with Gasteiger partial charge in [0.25, 0.3) is 5.91 Å². The van der Waals surface area contributed by atoms with Crippen LogP contribution < -0.4 is 0 Å². The normalized spacial score (nSPS) is 15.7. The molecule has 0 aliphatic carbocycles. The Labute approximate surface area is 147 Å². The summed E-state index contributed by atoms with van der Waals surface area (Å²) in [6.45, 7) is 3.40. The van der Waals surface area contributed by atoms with Crippen molar-refractivity contribution in [2.24, 2.45) is 0 Å². The number of aliphatic carboxylic acids is 1. The van der Waals surface area contributed by atoms with Crippen molar-refractivity contribution < 1.29 is 27.9 Å². The second-order valence-electron chi connectivity index (χ2n) is 5.57. The third-order valence-corrected chi connectivity index (χ3v) is 5.85. The zero-order valence-electron chi connectivity index (χ0n) is 14.1. The second kappa shape index (κ2) is 8.41. The van der Waals surface area contributed by atoms with Crippen LogP contribution in [0.1, 0.15) is 23.7 Å². The smallest absolute Gasteiger partial charge is 0.305 e. The minimum Gasteiger partial charge on any atom is -0.481 e. The van der Waals surface area contributed by atoms with Crippen LogP contribution in [0.2, 0.25) is 0 Å². The Morgan fingerprint density at radius 3 is 2.56 bits per heavy atom. The van der Waals surface area contributed by atoms with Crippen LogP contribution in [0.5, 0.6) is 0 Å². The molecule has 1 aliphatic heterocycles. The fraction of sp³-hybridized carbons (Fsp3) is 0.500. The first-order chi connectivity index (χ1) is 11.9. The lowest BCUT2D eigenvalue weighted by Gasteiger charge is -2.26. The number of carboxylic acids is 1. The molecule has 0 saturated carbocycles. The summed E-state index contributed by atoms with van der Waals surface area (Å²) < 4.78 is 31.9. The van der Waals surface area contributed by atoms with Gasteiger partial charge in [0, 0.05) is 31.7 Å². The second-order valence-corrected chi connectivity index (χ2v) is 7.51. The van der Waals surface area contributed by atoms with Gasteiger partial charge < -0.3 is 14.7 Å². The van der Waals surface area contributed by atoms with E-state index in [1.54, 1.807) is 6.92 Å². The molecule has 1 aromatic carbocycles. The van der Waals surface area contributed by atoms with E-state index in [4.69, 9.17) is 9.84 Å². The van der Waals surface area contributed by atoms with Crippen LogP contribution in [-0.4, -0.2) is 74.0 Å². The zero-order valence-corrected chi connectivity index (χ0v) is 14.9. The number of hydrogen-bond acceptors (Lipinski definition) is 5. The molecule has 2 rings (SSSR count). The molecule has 0 spiro atoms. The van der Waals surface area contributed by atoms with Gasteiger partial charge in [-0.3, -0.25) is 9.59 Å². The van der Waals surface area contributed by atoms with Gasteiger partial charge >= 0.3 is 5.97 Å². The summed E-state index contributed by atoms with van der Waals surface area (Å²) in [7, 11) is -3.69. The van der Waals surface area contributed by atoms with E-state index >= 15 is 0 Å². The van der Waals surface area contributed by atoms with E-state index in [0.29, 0.717) is 19.8 Å². The lowest BCUT2D eigenvalue weighted by atomic mass is 10.2. The number of sulfonamides is 1. The SMILES string of the molecule is CCN(CCC(=O)O)C(=O)c1cccc(S(=O)(=O)N2CCOCC2)c1. The highest BCUT2D eigenvalue weighted by Crippen LogP contribution is 2.19. The molecular formula is C16H22N2O6S. The molecule has 138 valence electrons. The Kier molecular flexibility index (Phi) is 6.51. The molecular weight excluding hydrogens is 348 g/mol. The summed E-state index contributed by atoms with van der Waals surface area (Å²) in [5.41, 5.74) is 0.224. The van der Waals surface area contributed by atoms with E-state index in [1.165, 1.54) is 33.5 Å². The standard InChI is InChI=1S/C16H22N2O6S/c1-2-17(7-6-15(19)20)16(21)13-4-3-5-14(12-13)25(22,23)18-8-10-24-11-9-18/h3-5,12H,2,6-11H2,1H3,(H,19,20). The summed E-state index contributed by atoms with van der Waals surface area (Å²) in [5, 5.41) is 8.77. The largest absolute Gasteiger partial charge is 0.481 e. The van der Waals surface area contributed by atoms with Gasteiger partial charge in [0.1, 0.15) is 0 Å². The van der Waals surface area contributed by atoms with Crippen molar-refractivity contribution in [1.29, 1.82) is 0 Å². The Bertz CT molecular complexity index is 728. The molecule has 9 heteroatoms. The highest BCUT2D eigenvalue weighted by atomic mass is 32.2. The van der Waals surface area contributed by atoms with Crippen molar-refractivity contribution in [3.63, 3.8) is 0 Å². The molecule has 25 heavy (non-hydrogen) atoms. The van der Waals surface area contributed by atoms with Crippen molar-refractivity contribution in [3.05, 3.63) is 29.8 Å². The number of rotatable bonds is 7. The van der Waals surface area contributed by atoms with Crippen LogP contribution in [0, 0.1) is 0 Å². The summed E-state index contributed by atoms with van der Waals surface area (Å²) >= 11 is 0. The summed E-state index contributed by atoms with van der Waals surface area (Å²) in [6, 6.07) is 5.85. The number of morpholine rings is 1. The van der Waals surface area contributed by atoms with E-state index in [1.807, 2.05) is 0 Å². The zero-order chi connectivity index (χ0) is 18.4. The first kappa shape index (κ1) is 19.4. The van der Waals surface area contributed by atoms with Gasteiger partial charge in [-0.2, -0.15) is 4.31 Å². The molecule has 1 fully saturated rings. The molecule has 0 aromatic heterocycles. The number of ether oxygens (including phenoxy) is 1. The third kappa shape index (κ3) is 4.77. The number of nitrogens with zero attached hydrogens (tertiary/aromatic N) is 2. The molecule has 0 unspecified atom stereocenters. The van der Waals surface area contributed by atoms with Crippen molar-refractivity contribution in [3.8, 4) is 0 Å².